The number of nitrogens with one attached hydrogen (secondary N) is 1. The van der Waals surface area contributed by atoms with Crippen LogP contribution in [0.1, 0.15) is 39.5 Å². The standard InChI is InChI=1S/C18H27N5/c1-3-23(4-2)17-15-7-5-6-8-16(15)21-18(22-17)20-14-11-9-13(19)10-12-14/h5-8,13-14H,3-4,9-12,19H2,1-2H3,(H,20,21,22). The van der Waals surface area contributed by atoms with Crippen LogP contribution in [0, 0.1) is 0 Å². The maximum Gasteiger partial charge on any atom is 0.225 e. The lowest BCUT2D eigenvalue weighted by atomic mass is 9.92. The largest absolute Gasteiger partial charge is 0.356 e. The van der Waals surface area contributed by atoms with Crippen molar-refractivity contribution in [3.8, 4) is 0 Å². The van der Waals surface area contributed by atoms with Crippen molar-refractivity contribution in [3.05, 3.63) is 24.3 Å². The Morgan fingerprint density at radius 1 is 1.09 bits per heavy atom. The summed E-state index contributed by atoms with van der Waals surface area (Å²) in [5, 5.41) is 4.65. The Morgan fingerprint density at radius 3 is 2.48 bits per heavy atom. The first-order valence-corrected chi connectivity index (χ1v) is 8.75. The van der Waals surface area contributed by atoms with E-state index in [2.05, 4.69) is 36.2 Å². The first kappa shape index (κ1) is 16.0. The summed E-state index contributed by atoms with van der Waals surface area (Å²) in [5.41, 5.74) is 7.00. The molecule has 0 spiro atoms. The van der Waals surface area contributed by atoms with Gasteiger partial charge in [0.1, 0.15) is 5.82 Å². The van der Waals surface area contributed by atoms with Gasteiger partial charge in [-0.05, 0) is 51.7 Å². The van der Waals surface area contributed by atoms with Crippen molar-refractivity contribution in [2.75, 3.05) is 23.3 Å². The van der Waals surface area contributed by atoms with Crippen molar-refractivity contribution in [3.63, 3.8) is 0 Å². The number of aromatic nitrogens is 2. The van der Waals surface area contributed by atoms with E-state index in [0.29, 0.717) is 12.1 Å². The normalized spacial score (nSPS) is 21.3. The number of rotatable bonds is 5. The van der Waals surface area contributed by atoms with Crippen molar-refractivity contribution < 1.29 is 0 Å². The zero-order valence-electron chi connectivity index (χ0n) is 14.1. The molecule has 1 aliphatic rings. The third kappa shape index (κ3) is 3.55. The van der Waals surface area contributed by atoms with Gasteiger partial charge in [0, 0.05) is 30.6 Å². The Labute approximate surface area is 138 Å². The van der Waals surface area contributed by atoms with Crippen LogP contribution < -0.4 is 16.0 Å². The van der Waals surface area contributed by atoms with Gasteiger partial charge in [-0.25, -0.2) is 4.98 Å². The molecule has 23 heavy (non-hydrogen) atoms. The predicted octanol–water partition coefficient (Wildman–Crippen LogP) is 3.16. The van der Waals surface area contributed by atoms with E-state index in [0.717, 1.165) is 61.4 Å². The van der Waals surface area contributed by atoms with Crippen LogP contribution >= 0.6 is 0 Å². The molecule has 3 rings (SSSR count). The van der Waals surface area contributed by atoms with E-state index in [9.17, 15) is 0 Å². The molecule has 1 aromatic carbocycles. The van der Waals surface area contributed by atoms with Gasteiger partial charge in [-0.15, -0.1) is 0 Å². The maximum atomic E-state index is 6.00. The lowest BCUT2D eigenvalue weighted by molar-refractivity contribution is 0.410. The molecule has 0 amide bonds. The van der Waals surface area contributed by atoms with Gasteiger partial charge in [0.05, 0.1) is 5.52 Å². The molecule has 0 atom stereocenters. The van der Waals surface area contributed by atoms with E-state index >= 15 is 0 Å². The summed E-state index contributed by atoms with van der Waals surface area (Å²) in [6, 6.07) is 9.04. The van der Waals surface area contributed by atoms with Crippen molar-refractivity contribution in [2.45, 2.75) is 51.6 Å². The molecule has 0 aliphatic heterocycles. The van der Waals surface area contributed by atoms with Gasteiger partial charge in [0.25, 0.3) is 0 Å². The van der Waals surface area contributed by atoms with Crippen molar-refractivity contribution in [1.29, 1.82) is 0 Å². The van der Waals surface area contributed by atoms with Crippen LogP contribution in [0.2, 0.25) is 0 Å². The van der Waals surface area contributed by atoms with Crippen molar-refractivity contribution >= 4 is 22.7 Å². The van der Waals surface area contributed by atoms with Gasteiger partial charge < -0.3 is 16.0 Å². The van der Waals surface area contributed by atoms with Crippen LogP contribution in [0.4, 0.5) is 11.8 Å². The number of para-hydroxylation sites is 1. The third-order valence-electron chi connectivity index (χ3n) is 4.75. The highest BCUT2D eigenvalue weighted by Gasteiger charge is 2.20. The van der Waals surface area contributed by atoms with Gasteiger partial charge in [0.2, 0.25) is 5.95 Å². The molecule has 1 aromatic heterocycles. The van der Waals surface area contributed by atoms with Crippen LogP contribution in [0.5, 0.6) is 0 Å². The average Bonchev–Trinajstić information content (AvgIpc) is 2.58. The minimum absolute atomic E-state index is 0.358. The summed E-state index contributed by atoms with van der Waals surface area (Å²) < 4.78 is 0. The van der Waals surface area contributed by atoms with Crippen LogP contribution in [-0.2, 0) is 0 Å². The molecule has 5 heteroatoms. The fourth-order valence-electron chi connectivity index (χ4n) is 3.33. The summed E-state index contributed by atoms with van der Waals surface area (Å²) >= 11 is 0. The first-order chi connectivity index (χ1) is 11.2. The average molecular weight is 313 g/mol. The zero-order valence-corrected chi connectivity index (χ0v) is 14.1. The number of nitrogens with zero attached hydrogens (tertiary/aromatic N) is 3. The zero-order chi connectivity index (χ0) is 16.2. The molecule has 0 bridgehead atoms. The monoisotopic (exact) mass is 313 g/mol. The van der Waals surface area contributed by atoms with E-state index in [4.69, 9.17) is 15.7 Å². The van der Waals surface area contributed by atoms with Crippen molar-refractivity contribution in [2.24, 2.45) is 5.73 Å². The third-order valence-corrected chi connectivity index (χ3v) is 4.75. The topological polar surface area (TPSA) is 67.1 Å². The second kappa shape index (κ2) is 7.13. The molecule has 5 nitrogen and oxygen atoms in total. The summed E-state index contributed by atoms with van der Waals surface area (Å²) in [5.74, 6) is 1.77. The van der Waals surface area contributed by atoms with Crippen molar-refractivity contribution in [1.82, 2.24) is 9.97 Å². The van der Waals surface area contributed by atoms with E-state index in [1.807, 2.05) is 12.1 Å². The molecule has 1 saturated carbocycles. The summed E-state index contributed by atoms with van der Waals surface area (Å²) in [7, 11) is 0. The molecule has 2 aromatic rings. The molecule has 1 heterocycles. The van der Waals surface area contributed by atoms with Gasteiger partial charge in [-0.2, -0.15) is 4.98 Å². The van der Waals surface area contributed by atoms with Crippen LogP contribution in [0.15, 0.2) is 24.3 Å². The Bertz CT molecular complexity index is 645. The molecule has 0 radical (unpaired) electrons. The second-order valence-electron chi connectivity index (χ2n) is 6.32. The SMILES string of the molecule is CCN(CC)c1nc(NC2CCC(N)CC2)nc2ccccc12. The van der Waals surface area contributed by atoms with Crippen LogP contribution in [0.3, 0.4) is 0 Å². The van der Waals surface area contributed by atoms with Gasteiger partial charge in [-0.1, -0.05) is 12.1 Å². The van der Waals surface area contributed by atoms with Gasteiger partial charge in [0.15, 0.2) is 0 Å². The second-order valence-corrected chi connectivity index (χ2v) is 6.32. The molecule has 124 valence electrons. The number of nitrogens with two attached hydrogens (primary N) is 1. The van der Waals surface area contributed by atoms with Gasteiger partial charge in [-0.3, -0.25) is 0 Å². The quantitative estimate of drug-likeness (QED) is 0.887. The summed E-state index contributed by atoms with van der Waals surface area (Å²) in [4.78, 5) is 11.8. The number of benzene rings is 1. The Balaban J connectivity index is 1.91. The highest BCUT2D eigenvalue weighted by atomic mass is 15.2. The van der Waals surface area contributed by atoms with E-state index in [1.165, 1.54) is 0 Å². The van der Waals surface area contributed by atoms with Crippen LogP contribution in [0.25, 0.3) is 10.9 Å². The number of fused-ring (bicyclic) bond motifs is 1. The molecular formula is C18H27N5. The Kier molecular flexibility index (Phi) is 4.96. The van der Waals surface area contributed by atoms with E-state index in [1.54, 1.807) is 0 Å². The molecular weight excluding hydrogens is 286 g/mol. The Hall–Kier alpha value is -1.88. The molecule has 0 saturated heterocycles. The van der Waals surface area contributed by atoms with Gasteiger partial charge >= 0.3 is 0 Å². The molecule has 1 fully saturated rings. The predicted molar refractivity (Wildman–Crippen MR) is 97.0 cm³/mol. The molecule has 1 aliphatic carbocycles. The Morgan fingerprint density at radius 2 is 1.78 bits per heavy atom. The maximum absolute atomic E-state index is 6.00. The lowest BCUT2D eigenvalue weighted by Gasteiger charge is -2.28. The van der Waals surface area contributed by atoms with Crippen LogP contribution in [-0.4, -0.2) is 35.1 Å². The summed E-state index contributed by atoms with van der Waals surface area (Å²) in [6.45, 7) is 6.20. The highest BCUT2D eigenvalue weighted by Crippen LogP contribution is 2.27. The fourth-order valence-corrected chi connectivity index (χ4v) is 3.33. The minimum atomic E-state index is 0.358. The van der Waals surface area contributed by atoms with E-state index in [-0.39, 0.29) is 0 Å². The molecule has 0 unspecified atom stereocenters. The van der Waals surface area contributed by atoms with E-state index < -0.39 is 0 Å². The smallest absolute Gasteiger partial charge is 0.225 e. The lowest BCUT2D eigenvalue weighted by Crippen LogP contribution is -2.33. The minimum Gasteiger partial charge on any atom is -0.356 e. The number of hydrogen-bond acceptors (Lipinski definition) is 5. The number of anilines is 2. The first-order valence-electron chi connectivity index (χ1n) is 8.75. The molecule has 3 N–H and O–H groups in total. The number of hydrogen-bond donors (Lipinski definition) is 2. The fraction of sp³-hybridized carbons (Fsp3) is 0.556. The highest BCUT2D eigenvalue weighted by molar-refractivity contribution is 5.90. The summed E-state index contributed by atoms with van der Waals surface area (Å²) in [6.07, 6.45) is 4.35.